The molecule has 1 atom stereocenters. The van der Waals surface area contributed by atoms with Crippen molar-refractivity contribution in [1.82, 2.24) is 15.1 Å². The summed E-state index contributed by atoms with van der Waals surface area (Å²) in [5.41, 5.74) is 0. The zero-order valence-electron chi connectivity index (χ0n) is 13.5. The molecule has 0 radical (unpaired) electrons. The van der Waals surface area contributed by atoms with Crippen molar-refractivity contribution >= 4 is 23.3 Å². The molecule has 2 fully saturated rings. The summed E-state index contributed by atoms with van der Waals surface area (Å²) in [6, 6.07) is 4.37. The molecule has 3 amide bonds. The fraction of sp³-hybridized carbons (Fsp3) is 0.647. The smallest absolute Gasteiger partial charge is 0.318 e. The molecule has 2 aliphatic heterocycles. The highest BCUT2D eigenvalue weighted by Crippen LogP contribution is 2.34. The molecule has 0 saturated carbocycles. The molecule has 3 rings (SSSR count). The van der Waals surface area contributed by atoms with Crippen LogP contribution in [0.4, 0.5) is 4.79 Å². The van der Waals surface area contributed by atoms with Crippen molar-refractivity contribution in [3.8, 4) is 0 Å². The van der Waals surface area contributed by atoms with Gasteiger partial charge in [0.2, 0.25) is 5.91 Å². The summed E-state index contributed by atoms with van der Waals surface area (Å²) < 4.78 is 0. The summed E-state index contributed by atoms with van der Waals surface area (Å²) in [5, 5.41) is 5.07. The summed E-state index contributed by atoms with van der Waals surface area (Å²) >= 11 is 1.72. The molecular weight excluding hydrogens is 310 g/mol. The predicted octanol–water partition coefficient (Wildman–Crippen LogP) is 3.00. The van der Waals surface area contributed by atoms with Gasteiger partial charge in [0.05, 0.1) is 6.04 Å². The predicted molar refractivity (Wildman–Crippen MR) is 91.4 cm³/mol. The number of carbonyl (C=O) groups is 2. The Labute approximate surface area is 141 Å². The van der Waals surface area contributed by atoms with Gasteiger partial charge in [-0.2, -0.15) is 0 Å². The van der Waals surface area contributed by atoms with Gasteiger partial charge in [-0.1, -0.05) is 12.5 Å². The van der Waals surface area contributed by atoms with Crippen molar-refractivity contribution in [3.05, 3.63) is 22.4 Å². The van der Waals surface area contributed by atoms with E-state index in [2.05, 4.69) is 16.8 Å². The van der Waals surface area contributed by atoms with Crippen LogP contribution in [0.5, 0.6) is 0 Å². The SMILES string of the molecule is O=C1CCCCCN1CCNC(=O)N1CCC[C@H]1c1cccs1. The fourth-order valence-corrected chi connectivity index (χ4v) is 4.33. The van der Waals surface area contributed by atoms with Gasteiger partial charge < -0.3 is 15.1 Å². The first kappa shape index (κ1) is 16.3. The van der Waals surface area contributed by atoms with Crippen LogP contribution in [0.3, 0.4) is 0 Å². The Hall–Kier alpha value is -1.56. The van der Waals surface area contributed by atoms with E-state index >= 15 is 0 Å². The van der Waals surface area contributed by atoms with Crippen molar-refractivity contribution in [2.45, 2.75) is 44.6 Å². The van der Waals surface area contributed by atoms with E-state index in [0.717, 1.165) is 45.2 Å². The Bertz CT molecular complexity index is 532. The van der Waals surface area contributed by atoms with Crippen LogP contribution >= 0.6 is 11.3 Å². The van der Waals surface area contributed by atoms with Crippen LogP contribution in [0.25, 0.3) is 0 Å². The largest absolute Gasteiger partial charge is 0.341 e. The molecule has 1 N–H and O–H groups in total. The zero-order valence-corrected chi connectivity index (χ0v) is 14.3. The van der Waals surface area contributed by atoms with Crippen LogP contribution in [0.2, 0.25) is 0 Å². The van der Waals surface area contributed by atoms with Crippen LogP contribution in [-0.4, -0.2) is 47.9 Å². The van der Waals surface area contributed by atoms with E-state index in [4.69, 9.17) is 0 Å². The molecule has 6 heteroatoms. The number of amides is 3. The van der Waals surface area contributed by atoms with E-state index in [9.17, 15) is 9.59 Å². The first-order chi connectivity index (χ1) is 11.3. The number of hydrogen-bond acceptors (Lipinski definition) is 3. The summed E-state index contributed by atoms with van der Waals surface area (Å²) in [6.45, 7) is 2.81. The maximum absolute atomic E-state index is 12.5. The third kappa shape index (κ3) is 4.05. The number of nitrogens with one attached hydrogen (secondary N) is 1. The van der Waals surface area contributed by atoms with Gasteiger partial charge in [-0.25, -0.2) is 4.79 Å². The van der Waals surface area contributed by atoms with Gasteiger partial charge in [0.25, 0.3) is 0 Å². The molecule has 0 bridgehead atoms. The second-order valence-corrected chi connectivity index (χ2v) is 7.27. The van der Waals surface area contributed by atoms with Crippen molar-refractivity contribution in [3.63, 3.8) is 0 Å². The van der Waals surface area contributed by atoms with E-state index in [1.165, 1.54) is 4.88 Å². The van der Waals surface area contributed by atoms with Crippen LogP contribution in [-0.2, 0) is 4.79 Å². The molecule has 1 aromatic rings. The Morgan fingerprint density at radius 3 is 3.00 bits per heavy atom. The molecule has 5 nitrogen and oxygen atoms in total. The maximum Gasteiger partial charge on any atom is 0.318 e. The average molecular weight is 335 g/mol. The van der Waals surface area contributed by atoms with Gasteiger partial charge in [-0.05, 0) is 37.1 Å². The first-order valence-corrected chi connectivity index (χ1v) is 9.49. The fourth-order valence-electron chi connectivity index (χ4n) is 3.46. The number of likely N-dealkylation sites (tertiary alicyclic amines) is 2. The normalized spacial score (nSPS) is 22.3. The van der Waals surface area contributed by atoms with Crippen LogP contribution in [0.1, 0.15) is 49.4 Å². The Morgan fingerprint density at radius 1 is 1.26 bits per heavy atom. The molecular formula is C17H25N3O2S. The number of carbonyl (C=O) groups excluding carboxylic acids is 2. The zero-order chi connectivity index (χ0) is 16.1. The number of rotatable bonds is 4. The number of nitrogens with zero attached hydrogens (tertiary/aromatic N) is 2. The third-order valence-corrected chi connectivity index (χ3v) is 5.69. The van der Waals surface area contributed by atoms with Crippen LogP contribution in [0.15, 0.2) is 17.5 Å². The second-order valence-electron chi connectivity index (χ2n) is 6.29. The van der Waals surface area contributed by atoms with E-state index in [0.29, 0.717) is 19.5 Å². The minimum atomic E-state index is 0.00294. The highest BCUT2D eigenvalue weighted by molar-refractivity contribution is 7.10. The molecule has 0 spiro atoms. The highest BCUT2D eigenvalue weighted by Gasteiger charge is 2.30. The van der Waals surface area contributed by atoms with Crippen LogP contribution < -0.4 is 5.32 Å². The molecule has 0 unspecified atom stereocenters. The first-order valence-electron chi connectivity index (χ1n) is 8.61. The standard InChI is InChI=1S/C17H25N3O2S/c21-16-8-2-1-3-10-19(16)12-9-18-17(22)20-11-4-6-14(20)15-7-5-13-23-15/h5,7,13-14H,1-4,6,8-12H2,(H,18,22)/t14-/m0/s1. The molecule has 2 saturated heterocycles. The topological polar surface area (TPSA) is 52.7 Å². The van der Waals surface area contributed by atoms with Gasteiger partial charge in [0, 0.05) is 37.5 Å². The van der Waals surface area contributed by atoms with E-state index < -0.39 is 0 Å². The number of thiophene rings is 1. The van der Waals surface area contributed by atoms with Gasteiger partial charge >= 0.3 is 6.03 Å². The molecule has 2 aliphatic rings. The Kier molecular flexibility index (Phi) is 5.54. The average Bonchev–Trinajstić information content (AvgIpc) is 3.19. The van der Waals surface area contributed by atoms with Gasteiger partial charge in [-0.15, -0.1) is 11.3 Å². The number of urea groups is 1. The lowest BCUT2D eigenvalue weighted by Gasteiger charge is -2.25. The highest BCUT2D eigenvalue weighted by atomic mass is 32.1. The molecule has 1 aromatic heterocycles. The lowest BCUT2D eigenvalue weighted by Crippen LogP contribution is -2.43. The van der Waals surface area contributed by atoms with Crippen molar-refractivity contribution < 1.29 is 9.59 Å². The molecule has 0 aromatic carbocycles. The maximum atomic E-state index is 12.5. The summed E-state index contributed by atoms with van der Waals surface area (Å²) in [4.78, 5) is 29.5. The van der Waals surface area contributed by atoms with Crippen molar-refractivity contribution in [2.75, 3.05) is 26.2 Å². The quantitative estimate of drug-likeness (QED) is 0.919. The number of hydrogen-bond donors (Lipinski definition) is 1. The van der Waals surface area contributed by atoms with Gasteiger partial charge in [0.1, 0.15) is 0 Å². The monoisotopic (exact) mass is 335 g/mol. The molecule has 0 aliphatic carbocycles. The summed E-state index contributed by atoms with van der Waals surface area (Å²) in [7, 11) is 0. The summed E-state index contributed by atoms with van der Waals surface area (Å²) in [6.07, 6.45) is 5.95. The minimum absolute atomic E-state index is 0.00294. The molecule has 126 valence electrons. The van der Waals surface area contributed by atoms with Crippen LogP contribution in [0, 0.1) is 0 Å². The van der Waals surface area contributed by atoms with Crippen molar-refractivity contribution in [1.29, 1.82) is 0 Å². The van der Waals surface area contributed by atoms with E-state index in [-0.39, 0.29) is 18.0 Å². The minimum Gasteiger partial charge on any atom is -0.341 e. The lowest BCUT2D eigenvalue weighted by atomic mass is 10.2. The Balaban J connectivity index is 1.48. The summed E-state index contributed by atoms with van der Waals surface area (Å²) in [5.74, 6) is 0.231. The van der Waals surface area contributed by atoms with Gasteiger partial charge in [0.15, 0.2) is 0 Å². The third-order valence-electron chi connectivity index (χ3n) is 4.71. The van der Waals surface area contributed by atoms with E-state index in [1.807, 2.05) is 15.9 Å². The lowest BCUT2D eigenvalue weighted by molar-refractivity contribution is -0.130. The van der Waals surface area contributed by atoms with Crippen molar-refractivity contribution in [2.24, 2.45) is 0 Å². The van der Waals surface area contributed by atoms with Gasteiger partial charge in [-0.3, -0.25) is 4.79 Å². The molecule has 23 heavy (non-hydrogen) atoms. The Morgan fingerprint density at radius 2 is 2.17 bits per heavy atom. The molecule has 3 heterocycles. The second kappa shape index (κ2) is 7.81. The van der Waals surface area contributed by atoms with E-state index in [1.54, 1.807) is 11.3 Å².